The third kappa shape index (κ3) is 6.01. The molecule has 0 atom stereocenters. The fourth-order valence-electron chi connectivity index (χ4n) is 2.17. The molecule has 4 nitrogen and oxygen atoms in total. The third-order valence-corrected chi connectivity index (χ3v) is 3.48. The number of nitrogens with one attached hydrogen (secondary N) is 2. The first-order chi connectivity index (χ1) is 11.5. The molecule has 24 heavy (non-hydrogen) atoms. The lowest BCUT2D eigenvalue weighted by Crippen LogP contribution is -2.40. The largest absolute Gasteiger partial charge is 0.491 e. The monoisotopic (exact) mass is 342 g/mol. The molecule has 0 saturated heterocycles. The number of ether oxygens (including phenoxy) is 1. The molecule has 0 aliphatic carbocycles. The fourth-order valence-corrected chi connectivity index (χ4v) is 2.36. The Labute approximate surface area is 148 Å². The van der Waals surface area contributed by atoms with Crippen LogP contribution in [0.3, 0.4) is 0 Å². The molecular formula is C19H22N2O2S. The summed E-state index contributed by atoms with van der Waals surface area (Å²) in [5, 5.41) is 6.06. The summed E-state index contributed by atoms with van der Waals surface area (Å²) in [5.41, 5.74) is 1.73. The van der Waals surface area contributed by atoms with Gasteiger partial charge in [-0.15, -0.1) is 0 Å². The van der Waals surface area contributed by atoms with Crippen molar-refractivity contribution in [2.24, 2.45) is 0 Å². The van der Waals surface area contributed by atoms with E-state index in [-0.39, 0.29) is 12.0 Å². The smallest absolute Gasteiger partial charge is 0.257 e. The van der Waals surface area contributed by atoms with Crippen LogP contribution in [0.5, 0.6) is 5.75 Å². The summed E-state index contributed by atoms with van der Waals surface area (Å²) in [7, 11) is 0. The van der Waals surface area contributed by atoms with Gasteiger partial charge < -0.3 is 10.1 Å². The molecule has 2 N–H and O–H groups in total. The van der Waals surface area contributed by atoms with Crippen LogP contribution in [0.2, 0.25) is 0 Å². The average Bonchev–Trinajstić information content (AvgIpc) is 2.55. The van der Waals surface area contributed by atoms with Gasteiger partial charge in [-0.1, -0.05) is 36.4 Å². The standard InChI is InChI=1S/C19H22N2O2S/c1-14(2)23-17-10-6-9-16(13-17)18(22)21-19(24)20-12-11-15-7-4-3-5-8-15/h3-10,13-14H,11-12H2,1-2H3,(H2,20,21,22,24). The van der Waals surface area contributed by atoms with Gasteiger partial charge in [0.15, 0.2) is 5.11 Å². The molecule has 0 spiro atoms. The van der Waals surface area contributed by atoms with Gasteiger partial charge in [-0.25, -0.2) is 0 Å². The van der Waals surface area contributed by atoms with Crippen LogP contribution in [-0.2, 0) is 6.42 Å². The van der Waals surface area contributed by atoms with Gasteiger partial charge in [0, 0.05) is 12.1 Å². The van der Waals surface area contributed by atoms with E-state index in [2.05, 4.69) is 22.8 Å². The normalized spacial score (nSPS) is 10.3. The van der Waals surface area contributed by atoms with Crippen molar-refractivity contribution in [1.29, 1.82) is 0 Å². The molecule has 0 aromatic heterocycles. The lowest BCUT2D eigenvalue weighted by molar-refractivity contribution is 0.0976. The number of hydrogen-bond donors (Lipinski definition) is 2. The van der Waals surface area contributed by atoms with Gasteiger partial charge in [0.1, 0.15) is 5.75 Å². The molecule has 0 saturated carbocycles. The molecule has 0 unspecified atom stereocenters. The van der Waals surface area contributed by atoms with Crippen molar-refractivity contribution >= 4 is 23.2 Å². The average molecular weight is 342 g/mol. The lowest BCUT2D eigenvalue weighted by atomic mass is 10.1. The Morgan fingerprint density at radius 1 is 1.12 bits per heavy atom. The lowest BCUT2D eigenvalue weighted by Gasteiger charge is -2.12. The first-order valence-electron chi connectivity index (χ1n) is 7.94. The van der Waals surface area contributed by atoms with E-state index in [1.165, 1.54) is 5.56 Å². The zero-order valence-corrected chi connectivity index (χ0v) is 14.7. The van der Waals surface area contributed by atoms with Gasteiger partial charge in [0.2, 0.25) is 0 Å². The third-order valence-electron chi connectivity index (χ3n) is 3.24. The van der Waals surface area contributed by atoms with Gasteiger partial charge in [0.05, 0.1) is 6.10 Å². The van der Waals surface area contributed by atoms with E-state index in [1.807, 2.05) is 38.1 Å². The van der Waals surface area contributed by atoms with E-state index in [0.29, 0.717) is 23.0 Å². The van der Waals surface area contributed by atoms with Gasteiger partial charge in [-0.2, -0.15) is 0 Å². The van der Waals surface area contributed by atoms with Crippen LogP contribution in [0, 0.1) is 0 Å². The fraction of sp³-hybridized carbons (Fsp3) is 0.263. The minimum atomic E-state index is -0.249. The number of amides is 1. The van der Waals surface area contributed by atoms with Gasteiger partial charge in [-0.3, -0.25) is 10.1 Å². The molecule has 2 aromatic carbocycles. The van der Waals surface area contributed by atoms with E-state index >= 15 is 0 Å². The number of carbonyl (C=O) groups excluding carboxylic acids is 1. The summed E-state index contributed by atoms with van der Waals surface area (Å²) in [6.07, 6.45) is 0.901. The Kier molecular flexibility index (Phi) is 6.75. The number of rotatable bonds is 6. The van der Waals surface area contributed by atoms with Crippen molar-refractivity contribution < 1.29 is 9.53 Å². The predicted molar refractivity (Wildman–Crippen MR) is 100 cm³/mol. The summed E-state index contributed by atoms with van der Waals surface area (Å²) in [6, 6.07) is 17.2. The van der Waals surface area contributed by atoms with E-state index in [1.54, 1.807) is 18.2 Å². The highest BCUT2D eigenvalue weighted by atomic mass is 32.1. The highest BCUT2D eigenvalue weighted by Crippen LogP contribution is 2.14. The molecule has 2 aromatic rings. The first-order valence-corrected chi connectivity index (χ1v) is 8.35. The SMILES string of the molecule is CC(C)Oc1cccc(C(=O)NC(=S)NCCc2ccccc2)c1. The summed E-state index contributed by atoms with van der Waals surface area (Å²) in [4.78, 5) is 12.2. The van der Waals surface area contributed by atoms with Crippen LogP contribution in [0.1, 0.15) is 29.8 Å². The molecule has 0 aliphatic rings. The van der Waals surface area contributed by atoms with Crippen LogP contribution in [0.4, 0.5) is 0 Å². The zero-order chi connectivity index (χ0) is 17.4. The Morgan fingerprint density at radius 2 is 1.88 bits per heavy atom. The Hall–Kier alpha value is -2.40. The second-order valence-electron chi connectivity index (χ2n) is 5.64. The summed E-state index contributed by atoms with van der Waals surface area (Å²) in [6.45, 7) is 4.55. The van der Waals surface area contributed by atoms with Gasteiger partial charge in [0.25, 0.3) is 5.91 Å². The number of benzene rings is 2. The maximum atomic E-state index is 12.2. The van der Waals surface area contributed by atoms with E-state index in [4.69, 9.17) is 17.0 Å². The molecule has 0 radical (unpaired) electrons. The first kappa shape index (κ1) is 17.9. The number of thiocarbonyl (C=S) groups is 1. The van der Waals surface area contributed by atoms with Crippen molar-refractivity contribution in [3.63, 3.8) is 0 Å². The van der Waals surface area contributed by atoms with Crippen molar-refractivity contribution in [2.75, 3.05) is 6.54 Å². The second-order valence-corrected chi connectivity index (χ2v) is 6.05. The maximum absolute atomic E-state index is 12.2. The highest BCUT2D eigenvalue weighted by molar-refractivity contribution is 7.80. The van der Waals surface area contributed by atoms with Crippen LogP contribution < -0.4 is 15.4 Å². The Bertz CT molecular complexity index is 687. The Balaban J connectivity index is 1.82. The van der Waals surface area contributed by atoms with Gasteiger partial charge in [-0.05, 0) is 56.2 Å². The topological polar surface area (TPSA) is 50.4 Å². The molecule has 2 rings (SSSR count). The molecule has 0 bridgehead atoms. The second kappa shape index (κ2) is 9.03. The molecule has 1 amide bonds. The summed E-state index contributed by atoms with van der Waals surface area (Å²) < 4.78 is 5.60. The van der Waals surface area contributed by atoms with Crippen LogP contribution in [0.25, 0.3) is 0 Å². The summed E-state index contributed by atoms with van der Waals surface area (Å²) >= 11 is 5.17. The van der Waals surface area contributed by atoms with Crippen LogP contribution >= 0.6 is 12.2 Å². The maximum Gasteiger partial charge on any atom is 0.257 e. The van der Waals surface area contributed by atoms with E-state index < -0.39 is 0 Å². The minimum Gasteiger partial charge on any atom is -0.491 e. The van der Waals surface area contributed by atoms with Crippen molar-refractivity contribution in [1.82, 2.24) is 10.6 Å². The highest BCUT2D eigenvalue weighted by Gasteiger charge is 2.09. The van der Waals surface area contributed by atoms with Gasteiger partial charge >= 0.3 is 0 Å². The summed E-state index contributed by atoms with van der Waals surface area (Å²) in [5.74, 6) is 0.419. The van der Waals surface area contributed by atoms with Crippen LogP contribution in [0.15, 0.2) is 54.6 Å². The Morgan fingerprint density at radius 3 is 2.58 bits per heavy atom. The van der Waals surface area contributed by atoms with Crippen LogP contribution in [-0.4, -0.2) is 23.7 Å². The molecular weight excluding hydrogens is 320 g/mol. The molecule has 0 fully saturated rings. The van der Waals surface area contributed by atoms with E-state index in [0.717, 1.165) is 6.42 Å². The van der Waals surface area contributed by atoms with E-state index in [9.17, 15) is 4.79 Å². The molecule has 5 heteroatoms. The molecule has 126 valence electrons. The van der Waals surface area contributed by atoms with Crippen molar-refractivity contribution in [2.45, 2.75) is 26.4 Å². The number of hydrogen-bond acceptors (Lipinski definition) is 3. The van der Waals surface area contributed by atoms with Crippen molar-refractivity contribution in [3.05, 3.63) is 65.7 Å². The molecule has 0 heterocycles. The van der Waals surface area contributed by atoms with Crippen molar-refractivity contribution in [3.8, 4) is 5.75 Å². The predicted octanol–water partition coefficient (Wildman–Crippen LogP) is 3.32. The molecule has 0 aliphatic heterocycles. The number of carbonyl (C=O) groups is 1. The minimum absolute atomic E-state index is 0.0593. The zero-order valence-electron chi connectivity index (χ0n) is 13.9. The quantitative estimate of drug-likeness (QED) is 0.791.